The molecule has 0 saturated carbocycles. The van der Waals surface area contributed by atoms with Gasteiger partial charge in [0.1, 0.15) is 0 Å². The summed E-state index contributed by atoms with van der Waals surface area (Å²) >= 11 is -3.82. The Morgan fingerprint density at radius 1 is 0.333 bits per heavy atom. The average molecular weight is 484 g/mol. The predicted octanol–water partition coefficient (Wildman–Crippen LogP) is -0.263. The molecule has 2 rings (SSSR count). The molecule has 0 bridgehead atoms. The first kappa shape index (κ1) is 20.9. The van der Waals surface area contributed by atoms with Crippen molar-refractivity contribution < 1.29 is 56.3 Å². The minimum Gasteiger partial charge on any atom is -1.00 e. The number of hydrogen-bond acceptors (Lipinski definition) is 0. The molecule has 0 unspecified atom stereocenters. The van der Waals surface area contributed by atoms with Crippen LogP contribution in [0, 0.1) is 58.2 Å². The molecule has 0 aliphatic heterocycles. The minimum absolute atomic E-state index is 0. The summed E-state index contributed by atoms with van der Waals surface area (Å²) in [5, 5.41) is 0. The van der Waals surface area contributed by atoms with Crippen molar-refractivity contribution >= 4 is 29.5 Å². The maximum absolute atomic E-state index is 13.5. The number of hydrogen-bond donors (Lipinski definition) is 0. The molecule has 0 saturated heterocycles. The van der Waals surface area contributed by atoms with Crippen LogP contribution in [0.15, 0.2) is 0 Å². The van der Waals surface area contributed by atoms with Gasteiger partial charge in [0.05, 0.1) is 0 Å². The van der Waals surface area contributed by atoms with E-state index in [1.165, 1.54) is 0 Å². The van der Waals surface area contributed by atoms with E-state index < -0.39 is 87.7 Å². The van der Waals surface area contributed by atoms with Crippen molar-refractivity contribution in [1.29, 1.82) is 0 Å². The van der Waals surface area contributed by atoms with E-state index in [1.807, 2.05) is 0 Å². The molecule has 0 nitrogen and oxygen atoms in total. The Hall–Kier alpha value is -1.10. The van der Waals surface area contributed by atoms with E-state index >= 15 is 0 Å². The smallest absolute Gasteiger partial charge is 1.00 e. The van der Waals surface area contributed by atoms with Crippen LogP contribution in [-0.4, -0.2) is 22.9 Å². The summed E-state index contributed by atoms with van der Waals surface area (Å²) in [4.78, 5) is 0. The third-order valence-electron chi connectivity index (χ3n) is 2.78. The normalized spacial score (nSPS) is 10.4. The van der Waals surface area contributed by atoms with Crippen LogP contribution < -0.4 is 19.0 Å². The van der Waals surface area contributed by atoms with Gasteiger partial charge in [0.25, 0.3) is 0 Å². The van der Waals surface area contributed by atoms with E-state index in [4.69, 9.17) is 0 Å². The van der Waals surface area contributed by atoms with Gasteiger partial charge in [-0.15, -0.1) is 0 Å². The van der Waals surface area contributed by atoms with Crippen LogP contribution in [-0.2, 0) is 0 Å². The third kappa shape index (κ3) is 3.19. The Labute approximate surface area is 144 Å². The largest absolute Gasteiger partial charge is 1.00 e. The van der Waals surface area contributed by atoms with Gasteiger partial charge in [-0.3, -0.25) is 0 Å². The molecule has 2 aromatic carbocycles. The van der Waals surface area contributed by atoms with Crippen LogP contribution >= 0.6 is 0 Å². The Kier molecular flexibility index (Phi) is 6.48. The van der Waals surface area contributed by atoms with Crippen LogP contribution in [0.25, 0.3) is 0 Å². The molecule has 2 aromatic rings. The van der Waals surface area contributed by atoms with Gasteiger partial charge < -0.3 is 12.4 Å². The Bertz CT molecular complexity index is 697. The molecule has 0 atom stereocenters. The van der Waals surface area contributed by atoms with Crippen molar-refractivity contribution in [1.82, 2.24) is 0 Å². The van der Waals surface area contributed by atoms with E-state index in [2.05, 4.69) is 0 Å². The summed E-state index contributed by atoms with van der Waals surface area (Å²) in [6, 6.07) is 0. The number of rotatable bonds is 2. The summed E-state index contributed by atoms with van der Waals surface area (Å²) < 4.78 is 128. The van der Waals surface area contributed by atoms with Crippen molar-refractivity contribution in [2.45, 2.75) is 0 Å². The number of halogens is 11. The molecule has 0 fully saturated rings. The number of benzene rings is 2. The summed E-state index contributed by atoms with van der Waals surface area (Å²) in [6.45, 7) is 0. The second kappa shape index (κ2) is 7.42. The molecule has 0 aliphatic carbocycles. The zero-order valence-corrected chi connectivity index (χ0v) is 14.8. The van der Waals surface area contributed by atoms with Gasteiger partial charge in [-0.1, -0.05) is 0 Å². The van der Waals surface area contributed by atoms with Gasteiger partial charge in [0.2, 0.25) is 0 Å². The third-order valence-corrected chi connectivity index (χ3v) is 7.32. The summed E-state index contributed by atoms with van der Waals surface area (Å²) in [5.41, 5.74) is 0. The standard InChI is InChI=1S/2C6F5.ClH.In/c2*7-2-1-3(8)5(10)6(11)4(2)9;;/h;;1H;/q;;;+1/p-1. The maximum Gasteiger partial charge on any atom is -1.00 e. The van der Waals surface area contributed by atoms with E-state index in [0.29, 0.717) is 0 Å². The summed E-state index contributed by atoms with van der Waals surface area (Å²) in [7, 11) is 0. The molecule has 0 radical (unpaired) electrons. The van der Waals surface area contributed by atoms with Gasteiger partial charge in [-0.25, -0.2) is 0 Å². The van der Waals surface area contributed by atoms with Gasteiger partial charge >= 0.3 is 132 Å². The second-order valence-electron chi connectivity index (χ2n) is 4.11. The first-order chi connectivity index (χ1) is 10.6. The van der Waals surface area contributed by atoms with Crippen LogP contribution in [0.1, 0.15) is 0 Å². The summed E-state index contributed by atoms with van der Waals surface area (Å²) in [6.07, 6.45) is 0. The fourth-order valence-electron chi connectivity index (χ4n) is 1.64. The van der Waals surface area contributed by atoms with E-state index in [1.54, 1.807) is 0 Å². The first-order valence-corrected chi connectivity index (χ1v) is 8.76. The van der Waals surface area contributed by atoms with Crippen LogP contribution in [0.2, 0.25) is 0 Å². The van der Waals surface area contributed by atoms with Crippen molar-refractivity contribution in [2.24, 2.45) is 0 Å². The Balaban J connectivity index is 0.00000288. The second-order valence-corrected chi connectivity index (χ2v) is 8.23. The molecule has 0 spiro atoms. The molecule has 0 N–H and O–H groups in total. The van der Waals surface area contributed by atoms with Gasteiger partial charge in [0, 0.05) is 0 Å². The predicted molar refractivity (Wildman–Crippen MR) is 57.5 cm³/mol. The Morgan fingerprint density at radius 2 is 0.500 bits per heavy atom. The van der Waals surface area contributed by atoms with Crippen LogP contribution in [0.5, 0.6) is 0 Å². The van der Waals surface area contributed by atoms with Gasteiger partial charge in [0.15, 0.2) is 0 Å². The van der Waals surface area contributed by atoms with Crippen molar-refractivity contribution in [2.75, 3.05) is 0 Å². The fourth-order valence-corrected chi connectivity index (χ4v) is 5.36. The topological polar surface area (TPSA) is 0 Å². The van der Waals surface area contributed by atoms with Gasteiger partial charge in [-0.05, 0) is 0 Å². The minimum atomic E-state index is -3.82. The molecule has 0 aromatic heterocycles. The molecule has 0 heterocycles. The summed E-state index contributed by atoms with van der Waals surface area (Å²) in [5.74, 6) is -23.9. The van der Waals surface area contributed by atoms with Crippen LogP contribution in [0.3, 0.4) is 0 Å². The first-order valence-electron chi connectivity index (χ1n) is 5.47. The molecular weight excluding hydrogens is 484 g/mol. The van der Waals surface area contributed by atoms with Gasteiger partial charge in [-0.2, -0.15) is 0 Å². The van der Waals surface area contributed by atoms with E-state index in [0.717, 1.165) is 0 Å². The monoisotopic (exact) mass is 484 g/mol. The van der Waals surface area contributed by atoms with Crippen LogP contribution in [0.4, 0.5) is 43.9 Å². The maximum atomic E-state index is 13.5. The average Bonchev–Trinajstić information content (AvgIpc) is 2.54. The zero-order chi connectivity index (χ0) is 17.6. The molecule has 128 valence electrons. The van der Waals surface area contributed by atoms with E-state index in [-0.39, 0.29) is 12.4 Å². The SMILES string of the molecule is Fc1c(F)c(F)[c]([In+][c]2c(F)c(F)c(F)c(F)c2F)c(F)c1F.[Cl-]. The van der Waals surface area contributed by atoms with Crippen molar-refractivity contribution in [3.8, 4) is 0 Å². The van der Waals surface area contributed by atoms with Crippen molar-refractivity contribution in [3.63, 3.8) is 0 Å². The fraction of sp³-hybridized carbons (Fsp3) is 0. The molecule has 24 heavy (non-hydrogen) atoms. The zero-order valence-electron chi connectivity index (χ0n) is 10.7. The molecule has 0 amide bonds. The molecule has 12 heteroatoms. The molecule has 0 aliphatic rings. The Morgan fingerprint density at radius 3 is 0.708 bits per heavy atom. The van der Waals surface area contributed by atoms with Crippen molar-refractivity contribution in [3.05, 3.63) is 58.2 Å². The van der Waals surface area contributed by atoms with E-state index in [9.17, 15) is 43.9 Å². The molecular formula is C12ClF10In. The quantitative estimate of drug-likeness (QED) is 0.313.